The van der Waals surface area contributed by atoms with Crippen LogP contribution in [-0.4, -0.2) is 21.4 Å². The Bertz CT molecular complexity index is 1380. The SMILES string of the molecule is Cc1c(-c2cccc(-c3nncc4c3CCCC(O)CC4)c2)c(=O)oc2cc(N)ccc12. The topological polar surface area (TPSA) is 102 Å². The van der Waals surface area contributed by atoms with Gasteiger partial charge in [-0.05, 0) is 79.5 Å². The molecule has 1 unspecified atom stereocenters. The Morgan fingerprint density at radius 2 is 1.94 bits per heavy atom. The number of benzene rings is 2. The number of nitrogen functional groups attached to an aromatic ring is 1. The van der Waals surface area contributed by atoms with Gasteiger partial charge < -0.3 is 15.3 Å². The van der Waals surface area contributed by atoms with E-state index in [1.54, 1.807) is 6.07 Å². The van der Waals surface area contributed by atoms with E-state index in [0.717, 1.165) is 65.4 Å². The van der Waals surface area contributed by atoms with Gasteiger partial charge in [0, 0.05) is 22.7 Å². The van der Waals surface area contributed by atoms with E-state index in [2.05, 4.69) is 10.2 Å². The summed E-state index contributed by atoms with van der Waals surface area (Å²) in [7, 11) is 0. The summed E-state index contributed by atoms with van der Waals surface area (Å²) >= 11 is 0. The van der Waals surface area contributed by atoms with Crippen LogP contribution in [0.15, 0.2) is 57.9 Å². The molecule has 3 N–H and O–H groups in total. The van der Waals surface area contributed by atoms with Gasteiger partial charge in [0.15, 0.2) is 0 Å². The second kappa shape index (κ2) is 8.20. The van der Waals surface area contributed by atoms with Gasteiger partial charge in [-0.25, -0.2) is 4.79 Å². The highest BCUT2D eigenvalue weighted by molar-refractivity contribution is 5.89. The highest BCUT2D eigenvalue weighted by Crippen LogP contribution is 2.33. The number of nitrogens with two attached hydrogens (primary N) is 1. The molecule has 2 aromatic heterocycles. The molecule has 0 fully saturated rings. The third kappa shape index (κ3) is 3.67. The number of fused-ring (bicyclic) bond motifs is 2. The van der Waals surface area contributed by atoms with E-state index in [0.29, 0.717) is 16.8 Å². The predicted molar refractivity (Wildman–Crippen MR) is 125 cm³/mol. The third-order valence-corrected chi connectivity index (χ3v) is 6.37. The lowest BCUT2D eigenvalue weighted by Gasteiger charge is -2.19. The number of aromatic nitrogens is 2. The number of aliphatic hydroxyl groups is 1. The van der Waals surface area contributed by atoms with E-state index in [1.165, 1.54) is 5.56 Å². The lowest BCUT2D eigenvalue weighted by atomic mass is 9.90. The van der Waals surface area contributed by atoms with Crippen LogP contribution in [0.1, 0.15) is 36.0 Å². The maximum Gasteiger partial charge on any atom is 0.344 e. The van der Waals surface area contributed by atoms with Crippen LogP contribution in [0.4, 0.5) is 5.69 Å². The van der Waals surface area contributed by atoms with Gasteiger partial charge in [0.05, 0.1) is 23.6 Å². The molecule has 1 aliphatic rings. The Morgan fingerprint density at radius 1 is 1.09 bits per heavy atom. The molecule has 5 rings (SSSR count). The Morgan fingerprint density at radius 3 is 2.81 bits per heavy atom. The summed E-state index contributed by atoms with van der Waals surface area (Å²) in [6, 6.07) is 13.2. The first-order valence-corrected chi connectivity index (χ1v) is 11.0. The standard InChI is InChI=1S/C26H25N3O3/c1-15-21-11-9-19(27)13-23(21)32-26(31)24(15)16-4-2-5-17(12-16)25-22-7-3-6-20(30)10-8-18(22)14-28-29-25/h2,4-5,9,11-14,20,30H,3,6-8,10,27H2,1H3. The smallest absolute Gasteiger partial charge is 0.344 e. The molecule has 0 aliphatic heterocycles. The summed E-state index contributed by atoms with van der Waals surface area (Å²) < 4.78 is 5.60. The van der Waals surface area contributed by atoms with Gasteiger partial charge in [-0.2, -0.15) is 10.2 Å². The quantitative estimate of drug-likeness (QED) is 0.362. The fraction of sp³-hybridized carbons (Fsp3) is 0.269. The van der Waals surface area contributed by atoms with Crippen molar-refractivity contribution in [2.24, 2.45) is 0 Å². The first-order chi connectivity index (χ1) is 15.5. The van der Waals surface area contributed by atoms with Crippen molar-refractivity contribution in [1.82, 2.24) is 10.2 Å². The minimum absolute atomic E-state index is 0.256. The zero-order valence-corrected chi connectivity index (χ0v) is 18.0. The monoisotopic (exact) mass is 427 g/mol. The lowest BCUT2D eigenvalue weighted by Crippen LogP contribution is -2.14. The second-order valence-corrected chi connectivity index (χ2v) is 8.51. The van der Waals surface area contributed by atoms with Gasteiger partial charge in [-0.3, -0.25) is 0 Å². The Labute approximate surface area is 185 Å². The maximum atomic E-state index is 12.9. The Hall–Kier alpha value is -3.51. The van der Waals surface area contributed by atoms with Crippen molar-refractivity contribution in [2.75, 3.05) is 5.73 Å². The van der Waals surface area contributed by atoms with Gasteiger partial charge >= 0.3 is 5.63 Å². The molecule has 0 saturated heterocycles. The van der Waals surface area contributed by atoms with Crippen molar-refractivity contribution in [3.8, 4) is 22.4 Å². The van der Waals surface area contributed by atoms with Gasteiger partial charge in [0.2, 0.25) is 0 Å². The van der Waals surface area contributed by atoms with E-state index in [-0.39, 0.29) is 11.7 Å². The van der Waals surface area contributed by atoms with Gasteiger partial charge in [-0.1, -0.05) is 18.2 Å². The van der Waals surface area contributed by atoms with Crippen molar-refractivity contribution < 1.29 is 9.52 Å². The summed E-state index contributed by atoms with van der Waals surface area (Å²) in [5, 5.41) is 19.6. The second-order valence-electron chi connectivity index (χ2n) is 8.51. The minimum Gasteiger partial charge on any atom is -0.422 e. The number of aryl methyl sites for hydroxylation is 2. The number of rotatable bonds is 2. The molecule has 0 saturated carbocycles. The van der Waals surface area contributed by atoms with Crippen LogP contribution in [0.5, 0.6) is 0 Å². The average Bonchev–Trinajstić information content (AvgIpc) is 2.76. The lowest BCUT2D eigenvalue weighted by molar-refractivity contribution is 0.150. The fourth-order valence-corrected chi connectivity index (χ4v) is 4.68. The van der Waals surface area contributed by atoms with Crippen molar-refractivity contribution in [2.45, 2.75) is 45.1 Å². The molecule has 6 heteroatoms. The van der Waals surface area contributed by atoms with Crippen LogP contribution < -0.4 is 11.4 Å². The number of nitrogens with zero attached hydrogens (tertiary/aromatic N) is 2. The molecule has 32 heavy (non-hydrogen) atoms. The van der Waals surface area contributed by atoms with Gasteiger partial charge in [0.1, 0.15) is 5.58 Å². The van der Waals surface area contributed by atoms with Gasteiger partial charge in [-0.15, -0.1) is 0 Å². The first kappa shape index (κ1) is 20.4. The van der Waals surface area contributed by atoms with E-state index in [4.69, 9.17) is 10.2 Å². The van der Waals surface area contributed by atoms with Crippen LogP contribution in [0.3, 0.4) is 0 Å². The molecular formula is C26H25N3O3. The molecule has 0 radical (unpaired) electrons. The number of aliphatic hydroxyl groups excluding tert-OH is 1. The van der Waals surface area contributed by atoms with Crippen LogP contribution in [0.25, 0.3) is 33.4 Å². The zero-order valence-electron chi connectivity index (χ0n) is 18.0. The maximum absolute atomic E-state index is 12.9. The summed E-state index contributed by atoms with van der Waals surface area (Å²) in [4.78, 5) is 12.9. The Balaban J connectivity index is 1.63. The number of hydrogen-bond donors (Lipinski definition) is 2. The van der Waals surface area contributed by atoms with E-state index in [9.17, 15) is 9.90 Å². The summed E-state index contributed by atoms with van der Waals surface area (Å²) in [5.74, 6) is 0. The summed E-state index contributed by atoms with van der Waals surface area (Å²) in [6.45, 7) is 1.93. The molecule has 1 atom stereocenters. The fourth-order valence-electron chi connectivity index (χ4n) is 4.68. The van der Waals surface area contributed by atoms with Crippen LogP contribution in [0.2, 0.25) is 0 Å². The summed E-state index contributed by atoms with van der Waals surface area (Å²) in [5.41, 5.74) is 12.8. The molecule has 6 nitrogen and oxygen atoms in total. The first-order valence-electron chi connectivity index (χ1n) is 11.0. The van der Waals surface area contributed by atoms with Crippen molar-refractivity contribution in [3.05, 3.63) is 75.8 Å². The number of anilines is 1. The van der Waals surface area contributed by atoms with E-state index in [1.807, 2.05) is 49.5 Å². The highest BCUT2D eigenvalue weighted by atomic mass is 16.4. The summed E-state index contributed by atoms with van der Waals surface area (Å²) in [6.07, 6.45) is 5.63. The molecule has 0 bridgehead atoms. The average molecular weight is 428 g/mol. The van der Waals surface area contributed by atoms with E-state index < -0.39 is 0 Å². The molecular weight excluding hydrogens is 402 g/mol. The van der Waals surface area contributed by atoms with Crippen molar-refractivity contribution in [3.63, 3.8) is 0 Å². The molecule has 1 aliphatic carbocycles. The molecule has 2 aromatic carbocycles. The van der Waals surface area contributed by atoms with E-state index >= 15 is 0 Å². The van der Waals surface area contributed by atoms with Crippen molar-refractivity contribution in [1.29, 1.82) is 0 Å². The van der Waals surface area contributed by atoms with Crippen LogP contribution in [0, 0.1) is 6.92 Å². The van der Waals surface area contributed by atoms with Crippen LogP contribution >= 0.6 is 0 Å². The third-order valence-electron chi connectivity index (χ3n) is 6.37. The Kier molecular flexibility index (Phi) is 5.23. The normalized spacial score (nSPS) is 16.4. The predicted octanol–water partition coefficient (Wildman–Crippen LogP) is 4.44. The molecule has 2 heterocycles. The minimum atomic E-state index is -0.388. The molecule has 0 amide bonds. The molecule has 0 spiro atoms. The largest absolute Gasteiger partial charge is 0.422 e. The van der Waals surface area contributed by atoms with Crippen LogP contribution in [-0.2, 0) is 12.8 Å². The molecule has 162 valence electrons. The molecule has 4 aromatic rings. The zero-order chi connectivity index (χ0) is 22.2. The highest BCUT2D eigenvalue weighted by Gasteiger charge is 2.19. The van der Waals surface area contributed by atoms with Gasteiger partial charge in [0.25, 0.3) is 0 Å². The van der Waals surface area contributed by atoms with Crippen molar-refractivity contribution >= 4 is 16.7 Å². The number of hydrogen-bond acceptors (Lipinski definition) is 6.